The molecule has 0 bridgehead atoms. The Morgan fingerprint density at radius 1 is 1.12 bits per heavy atom. The molecule has 4 heteroatoms. The molecule has 0 heterocycles. The molecule has 2 aromatic rings. The average molecular weight is 235 g/mol. The van der Waals surface area contributed by atoms with Crippen molar-refractivity contribution in [1.29, 1.82) is 5.26 Å². The molecule has 0 radical (unpaired) electrons. The minimum absolute atomic E-state index is 0.168. The van der Waals surface area contributed by atoms with Crippen molar-refractivity contribution < 1.29 is 13.2 Å². The van der Waals surface area contributed by atoms with Gasteiger partial charge in [-0.3, -0.25) is 0 Å². The number of rotatable bonds is 1. The molecule has 0 spiro atoms. The summed E-state index contributed by atoms with van der Waals surface area (Å²) in [4.78, 5) is 0. The van der Waals surface area contributed by atoms with E-state index in [1.807, 2.05) is 6.07 Å². The van der Waals surface area contributed by atoms with Crippen molar-refractivity contribution in [2.45, 2.75) is 12.6 Å². The Morgan fingerprint density at radius 2 is 1.88 bits per heavy atom. The van der Waals surface area contributed by atoms with Crippen LogP contribution in [0, 0.1) is 11.3 Å². The molecule has 1 nitrogen and oxygen atoms in total. The fourth-order valence-electron chi connectivity index (χ4n) is 1.78. The number of hydrogen-bond acceptors (Lipinski definition) is 1. The molecule has 0 aliphatic rings. The van der Waals surface area contributed by atoms with Gasteiger partial charge in [-0.2, -0.15) is 18.4 Å². The van der Waals surface area contributed by atoms with Gasteiger partial charge in [-0.05, 0) is 22.4 Å². The Balaban J connectivity index is 2.64. The molecule has 2 rings (SSSR count). The van der Waals surface area contributed by atoms with Gasteiger partial charge in [-0.15, -0.1) is 0 Å². The molecule has 0 fully saturated rings. The maximum absolute atomic E-state index is 12.7. The molecule has 17 heavy (non-hydrogen) atoms. The minimum atomic E-state index is -4.35. The quantitative estimate of drug-likeness (QED) is 0.734. The van der Waals surface area contributed by atoms with Gasteiger partial charge in [0.25, 0.3) is 0 Å². The number of benzene rings is 2. The summed E-state index contributed by atoms with van der Waals surface area (Å²) < 4.78 is 38.1. The first kappa shape index (κ1) is 11.5. The van der Waals surface area contributed by atoms with Crippen LogP contribution in [0.1, 0.15) is 11.1 Å². The summed E-state index contributed by atoms with van der Waals surface area (Å²) in [5.41, 5.74) is 0.0813. The second kappa shape index (κ2) is 4.10. The molecular weight excluding hydrogens is 227 g/mol. The van der Waals surface area contributed by atoms with E-state index in [1.165, 1.54) is 12.1 Å². The maximum atomic E-state index is 12.7. The molecule has 0 aromatic heterocycles. The monoisotopic (exact) mass is 235 g/mol. The smallest absolute Gasteiger partial charge is 0.198 e. The van der Waals surface area contributed by atoms with Crippen molar-refractivity contribution in [1.82, 2.24) is 0 Å². The molecule has 0 amide bonds. The van der Waals surface area contributed by atoms with Crippen LogP contribution in [-0.4, -0.2) is 0 Å². The summed E-state index contributed by atoms with van der Waals surface area (Å²) in [5, 5.41) is 9.22. The van der Waals surface area contributed by atoms with Crippen LogP contribution in [0.2, 0.25) is 0 Å². The molecular formula is C13H8F3N. The van der Waals surface area contributed by atoms with Crippen LogP contribution < -0.4 is 0 Å². The number of hydrogen-bond donors (Lipinski definition) is 0. The van der Waals surface area contributed by atoms with Crippen LogP contribution in [-0.2, 0) is 12.6 Å². The van der Waals surface area contributed by atoms with Gasteiger partial charge in [0.1, 0.15) is 0 Å². The highest BCUT2D eigenvalue weighted by atomic mass is 19.4. The number of alkyl halides is 3. The molecule has 0 aliphatic carbocycles. The van der Waals surface area contributed by atoms with Crippen molar-refractivity contribution in [3.63, 3.8) is 0 Å². The van der Waals surface area contributed by atoms with E-state index in [2.05, 4.69) is 0 Å². The van der Waals surface area contributed by atoms with Crippen LogP contribution >= 0.6 is 0 Å². The van der Waals surface area contributed by atoms with Crippen LogP contribution in [0.3, 0.4) is 0 Å². The summed E-state index contributed by atoms with van der Waals surface area (Å²) in [6.07, 6.45) is -4.15. The molecule has 0 saturated carbocycles. The zero-order valence-corrected chi connectivity index (χ0v) is 8.75. The largest absolute Gasteiger partial charge is 0.417 e. The Hall–Kier alpha value is -2.02. The fourth-order valence-corrected chi connectivity index (χ4v) is 1.78. The first-order chi connectivity index (χ1) is 8.02. The third-order valence-electron chi connectivity index (χ3n) is 2.53. The third kappa shape index (κ3) is 2.23. The van der Waals surface area contributed by atoms with Crippen LogP contribution in [0.25, 0.3) is 10.8 Å². The van der Waals surface area contributed by atoms with Gasteiger partial charge in [0, 0.05) is 0 Å². The van der Waals surface area contributed by atoms with Gasteiger partial charge in [0.05, 0.1) is 18.1 Å². The van der Waals surface area contributed by atoms with Gasteiger partial charge in [-0.1, -0.05) is 30.3 Å². The Kier molecular flexibility index (Phi) is 2.76. The van der Waals surface area contributed by atoms with Gasteiger partial charge in [-0.25, -0.2) is 0 Å². The zero-order valence-electron chi connectivity index (χ0n) is 8.75. The number of nitrogens with zero attached hydrogens (tertiary/aromatic N) is 1. The number of halogens is 3. The second-order valence-electron chi connectivity index (χ2n) is 3.69. The lowest BCUT2D eigenvalue weighted by Crippen LogP contribution is -2.05. The Morgan fingerprint density at radius 3 is 2.53 bits per heavy atom. The van der Waals surface area contributed by atoms with Crippen molar-refractivity contribution in [3.8, 4) is 6.07 Å². The van der Waals surface area contributed by atoms with E-state index in [-0.39, 0.29) is 11.8 Å². The summed E-state index contributed by atoms with van der Waals surface area (Å²) in [5.74, 6) is 0. The van der Waals surface area contributed by atoms with E-state index in [9.17, 15) is 13.2 Å². The summed E-state index contributed by atoms with van der Waals surface area (Å²) >= 11 is 0. The van der Waals surface area contributed by atoms with Gasteiger partial charge < -0.3 is 0 Å². The zero-order chi connectivity index (χ0) is 12.5. The SMILES string of the molecule is N#CCc1ccc2c(C(F)(F)F)cccc2c1. The van der Waals surface area contributed by atoms with Gasteiger partial charge in [0.2, 0.25) is 0 Å². The molecule has 86 valence electrons. The van der Waals surface area contributed by atoms with E-state index < -0.39 is 11.7 Å². The molecule has 0 N–H and O–H groups in total. The molecule has 2 aromatic carbocycles. The molecule has 0 saturated heterocycles. The van der Waals surface area contributed by atoms with E-state index in [0.29, 0.717) is 5.39 Å². The third-order valence-corrected chi connectivity index (χ3v) is 2.53. The minimum Gasteiger partial charge on any atom is -0.198 e. The topological polar surface area (TPSA) is 23.8 Å². The highest BCUT2D eigenvalue weighted by Gasteiger charge is 2.32. The van der Waals surface area contributed by atoms with Crippen LogP contribution in [0.4, 0.5) is 13.2 Å². The fraction of sp³-hybridized carbons (Fsp3) is 0.154. The Labute approximate surface area is 96.1 Å². The predicted molar refractivity (Wildman–Crippen MR) is 58.3 cm³/mol. The van der Waals surface area contributed by atoms with E-state index >= 15 is 0 Å². The lowest BCUT2D eigenvalue weighted by atomic mass is 10.0. The average Bonchev–Trinajstić information content (AvgIpc) is 2.27. The summed E-state index contributed by atoms with van der Waals surface area (Å²) in [6.45, 7) is 0. The molecule has 0 atom stereocenters. The first-order valence-corrected chi connectivity index (χ1v) is 4.98. The van der Waals surface area contributed by atoms with E-state index in [1.54, 1.807) is 18.2 Å². The van der Waals surface area contributed by atoms with Crippen molar-refractivity contribution in [3.05, 3.63) is 47.5 Å². The maximum Gasteiger partial charge on any atom is 0.417 e. The van der Waals surface area contributed by atoms with E-state index in [0.717, 1.165) is 11.6 Å². The highest BCUT2D eigenvalue weighted by Crippen LogP contribution is 2.34. The standard InChI is InChI=1S/C13H8F3N/c14-13(15,16)12-3-1-2-10-8-9(6-7-17)4-5-11(10)12/h1-5,8H,6H2. The summed E-state index contributed by atoms with van der Waals surface area (Å²) in [7, 11) is 0. The highest BCUT2D eigenvalue weighted by molar-refractivity contribution is 5.86. The second-order valence-corrected chi connectivity index (χ2v) is 3.69. The number of nitriles is 1. The molecule has 0 unspecified atom stereocenters. The first-order valence-electron chi connectivity index (χ1n) is 4.98. The van der Waals surface area contributed by atoms with Crippen LogP contribution in [0.15, 0.2) is 36.4 Å². The lowest BCUT2D eigenvalue weighted by Gasteiger charge is -2.10. The van der Waals surface area contributed by atoms with Gasteiger partial charge >= 0.3 is 6.18 Å². The molecule has 0 aliphatic heterocycles. The van der Waals surface area contributed by atoms with Crippen molar-refractivity contribution in [2.75, 3.05) is 0 Å². The lowest BCUT2D eigenvalue weighted by molar-refractivity contribution is -0.136. The van der Waals surface area contributed by atoms with Gasteiger partial charge in [0.15, 0.2) is 0 Å². The Bertz CT molecular complexity index is 594. The van der Waals surface area contributed by atoms with E-state index in [4.69, 9.17) is 5.26 Å². The van der Waals surface area contributed by atoms with Crippen LogP contribution in [0.5, 0.6) is 0 Å². The normalized spacial score (nSPS) is 11.4. The summed E-state index contributed by atoms with van der Waals surface area (Å²) in [6, 6.07) is 10.6. The van der Waals surface area contributed by atoms with Crippen molar-refractivity contribution >= 4 is 10.8 Å². The number of fused-ring (bicyclic) bond motifs is 1. The van der Waals surface area contributed by atoms with Crippen molar-refractivity contribution in [2.24, 2.45) is 0 Å². The predicted octanol–water partition coefficient (Wildman–Crippen LogP) is 3.92.